The smallest absolute Gasteiger partial charge is 0.193 e. The Morgan fingerprint density at radius 1 is 1.38 bits per heavy atom. The summed E-state index contributed by atoms with van der Waals surface area (Å²) in [6, 6.07) is 1.43. The first-order valence-corrected chi connectivity index (χ1v) is 10.3. The van der Waals surface area contributed by atoms with E-state index in [0.717, 1.165) is 12.8 Å². The lowest BCUT2D eigenvalue weighted by Crippen LogP contribution is -2.44. The van der Waals surface area contributed by atoms with Gasteiger partial charge in [0.05, 0.1) is 5.56 Å². The summed E-state index contributed by atoms with van der Waals surface area (Å²) in [5.41, 5.74) is -0.219. The zero-order valence-corrected chi connectivity index (χ0v) is 14.7. The summed E-state index contributed by atoms with van der Waals surface area (Å²) in [5.74, 6) is -0.791. The standard InChI is InChI=1S/C16H24FNO2Si/c1-11(19)12-7-10-18-14(13(12)17)16(8-9-16)20-21(5,6)15(2,3)4/h7,10H,8-9H2,1-6H3. The summed E-state index contributed by atoms with van der Waals surface area (Å²) in [4.78, 5) is 15.7. The Balaban J connectivity index is 2.39. The average Bonchev–Trinajstić information content (AvgIpc) is 3.07. The van der Waals surface area contributed by atoms with E-state index in [0.29, 0.717) is 5.69 Å². The molecular weight excluding hydrogens is 285 g/mol. The largest absolute Gasteiger partial charge is 0.406 e. The number of ketones is 1. The van der Waals surface area contributed by atoms with Crippen LogP contribution in [-0.4, -0.2) is 19.1 Å². The molecule has 0 aromatic carbocycles. The van der Waals surface area contributed by atoms with E-state index in [-0.39, 0.29) is 16.4 Å². The lowest BCUT2D eigenvalue weighted by atomic mass is 10.1. The first kappa shape index (κ1) is 16.3. The molecule has 0 aliphatic heterocycles. The predicted octanol–water partition coefficient (Wildman–Crippen LogP) is 4.43. The van der Waals surface area contributed by atoms with Crippen molar-refractivity contribution in [3.63, 3.8) is 0 Å². The molecule has 1 fully saturated rings. The van der Waals surface area contributed by atoms with Crippen LogP contribution in [0.4, 0.5) is 4.39 Å². The van der Waals surface area contributed by atoms with Gasteiger partial charge in [-0.2, -0.15) is 0 Å². The maximum absolute atomic E-state index is 14.6. The second kappa shape index (κ2) is 4.99. The molecule has 0 atom stereocenters. The second-order valence-electron chi connectivity index (χ2n) is 7.43. The van der Waals surface area contributed by atoms with Crippen molar-refractivity contribution in [2.24, 2.45) is 0 Å². The third-order valence-electron chi connectivity index (χ3n) is 4.66. The van der Waals surface area contributed by atoms with Crippen molar-refractivity contribution in [1.82, 2.24) is 4.98 Å². The molecule has 116 valence electrons. The van der Waals surface area contributed by atoms with E-state index in [9.17, 15) is 9.18 Å². The minimum absolute atomic E-state index is 0.0528. The highest BCUT2D eigenvalue weighted by Crippen LogP contribution is 2.54. The number of Topliss-reactive ketones (excluding diaryl/α,β-unsaturated/α-hetero) is 1. The van der Waals surface area contributed by atoms with Crippen LogP contribution < -0.4 is 0 Å². The van der Waals surface area contributed by atoms with Crippen molar-refractivity contribution in [3.8, 4) is 0 Å². The number of nitrogens with zero attached hydrogens (tertiary/aromatic N) is 1. The van der Waals surface area contributed by atoms with E-state index < -0.39 is 19.7 Å². The van der Waals surface area contributed by atoms with Crippen molar-refractivity contribution in [3.05, 3.63) is 29.3 Å². The third kappa shape index (κ3) is 2.94. The Kier molecular flexibility index (Phi) is 3.87. The molecule has 1 aliphatic rings. The van der Waals surface area contributed by atoms with Crippen LogP contribution in [0.5, 0.6) is 0 Å². The number of rotatable bonds is 4. The number of hydrogen-bond acceptors (Lipinski definition) is 3. The highest BCUT2D eigenvalue weighted by atomic mass is 28.4. The van der Waals surface area contributed by atoms with Crippen molar-refractivity contribution in [2.45, 2.75) is 64.3 Å². The van der Waals surface area contributed by atoms with Crippen LogP contribution in [0.3, 0.4) is 0 Å². The number of aromatic nitrogens is 1. The average molecular weight is 309 g/mol. The van der Waals surface area contributed by atoms with E-state index in [2.05, 4.69) is 38.8 Å². The maximum Gasteiger partial charge on any atom is 0.193 e. The summed E-state index contributed by atoms with van der Waals surface area (Å²) >= 11 is 0. The van der Waals surface area contributed by atoms with Crippen molar-refractivity contribution in [2.75, 3.05) is 0 Å². The van der Waals surface area contributed by atoms with Gasteiger partial charge in [0.15, 0.2) is 19.9 Å². The lowest BCUT2D eigenvalue weighted by molar-refractivity contribution is 0.101. The SMILES string of the molecule is CC(=O)c1ccnc(C2(O[Si](C)(C)C(C)(C)C)CC2)c1F. The minimum atomic E-state index is -2.02. The van der Waals surface area contributed by atoms with Gasteiger partial charge in [-0.25, -0.2) is 4.39 Å². The number of halogens is 1. The number of hydrogen-bond donors (Lipinski definition) is 0. The molecule has 2 rings (SSSR count). The molecule has 0 bridgehead atoms. The molecule has 0 unspecified atom stereocenters. The monoisotopic (exact) mass is 309 g/mol. The lowest BCUT2D eigenvalue weighted by Gasteiger charge is -2.39. The molecule has 21 heavy (non-hydrogen) atoms. The molecule has 1 aromatic heterocycles. The maximum atomic E-state index is 14.6. The van der Waals surface area contributed by atoms with Gasteiger partial charge < -0.3 is 4.43 Å². The van der Waals surface area contributed by atoms with Crippen LogP contribution in [-0.2, 0) is 10.0 Å². The summed E-state index contributed by atoms with van der Waals surface area (Å²) in [6.45, 7) is 12.2. The first-order chi connectivity index (χ1) is 9.50. The molecule has 3 nitrogen and oxygen atoms in total. The molecule has 1 heterocycles. The van der Waals surface area contributed by atoms with Gasteiger partial charge in [0.1, 0.15) is 11.3 Å². The van der Waals surface area contributed by atoms with Gasteiger partial charge in [0, 0.05) is 6.20 Å². The van der Waals surface area contributed by atoms with Crippen LogP contribution >= 0.6 is 0 Å². The fourth-order valence-electron chi connectivity index (χ4n) is 2.18. The molecule has 0 saturated heterocycles. The molecule has 0 N–H and O–H groups in total. The summed E-state index contributed by atoms with van der Waals surface area (Å²) in [5, 5.41) is 0.0528. The van der Waals surface area contributed by atoms with Crippen LogP contribution in [0.2, 0.25) is 18.1 Å². The Hall–Kier alpha value is -1.07. The minimum Gasteiger partial charge on any atom is -0.406 e. The Labute approximate surface area is 127 Å². The zero-order valence-electron chi connectivity index (χ0n) is 13.7. The van der Waals surface area contributed by atoms with Crippen LogP contribution in [0.15, 0.2) is 12.3 Å². The third-order valence-corrected chi connectivity index (χ3v) is 9.17. The van der Waals surface area contributed by atoms with Crippen molar-refractivity contribution < 1.29 is 13.6 Å². The van der Waals surface area contributed by atoms with Crippen LogP contribution in [0.25, 0.3) is 0 Å². The molecule has 0 spiro atoms. The summed E-state index contributed by atoms with van der Waals surface area (Å²) in [6.07, 6.45) is 3.04. The summed E-state index contributed by atoms with van der Waals surface area (Å²) in [7, 11) is -2.02. The topological polar surface area (TPSA) is 39.2 Å². The van der Waals surface area contributed by atoms with Gasteiger partial charge in [-0.15, -0.1) is 0 Å². The Morgan fingerprint density at radius 3 is 2.38 bits per heavy atom. The van der Waals surface area contributed by atoms with Gasteiger partial charge in [-0.05, 0) is 44.0 Å². The highest BCUT2D eigenvalue weighted by Gasteiger charge is 2.54. The molecule has 1 saturated carbocycles. The molecule has 5 heteroatoms. The number of pyridine rings is 1. The van der Waals surface area contributed by atoms with E-state index >= 15 is 0 Å². The fourth-order valence-corrected chi connectivity index (χ4v) is 3.76. The van der Waals surface area contributed by atoms with Crippen molar-refractivity contribution in [1.29, 1.82) is 0 Å². The fraction of sp³-hybridized carbons (Fsp3) is 0.625. The molecule has 1 aliphatic carbocycles. The zero-order chi connectivity index (χ0) is 16.1. The van der Waals surface area contributed by atoms with E-state index in [4.69, 9.17) is 4.43 Å². The van der Waals surface area contributed by atoms with Gasteiger partial charge >= 0.3 is 0 Å². The van der Waals surface area contributed by atoms with Crippen LogP contribution in [0, 0.1) is 5.82 Å². The second-order valence-corrected chi connectivity index (χ2v) is 12.2. The number of carbonyl (C=O) groups excluding carboxylic acids is 1. The molecule has 0 radical (unpaired) electrons. The highest BCUT2D eigenvalue weighted by molar-refractivity contribution is 6.74. The Bertz CT molecular complexity index is 574. The van der Waals surface area contributed by atoms with E-state index in [1.807, 2.05) is 0 Å². The van der Waals surface area contributed by atoms with Crippen molar-refractivity contribution >= 4 is 14.1 Å². The van der Waals surface area contributed by atoms with Crippen LogP contribution in [0.1, 0.15) is 56.6 Å². The van der Waals surface area contributed by atoms with Gasteiger partial charge in [-0.1, -0.05) is 20.8 Å². The quantitative estimate of drug-likeness (QED) is 0.610. The predicted molar refractivity (Wildman–Crippen MR) is 83.4 cm³/mol. The number of carbonyl (C=O) groups is 1. The molecule has 1 aromatic rings. The van der Waals surface area contributed by atoms with E-state index in [1.54, 1.807) is 0 Å². The normalized spacial score (nSPS) is 17.7. The van der Waals surface area contributed by atoms with Gasteiger partial charge in [0.2, 0.25) is 0 Å². The molecular formula is C16H24FNO2Si. The molecule has 0 amide bonds. The summed E-state index contributed by atoms with van der Waals surface area (Å²) < 4.78 is 21.0. The van der Waals surface area contributed by atoms with E-state index in [1.165, 1.54) is 19.2 Å². The van der Waals surface area contributed by atoms with Gasteiger partial charge in [-0.3, -0.25) is 9.78 Å². The van der Waals surface area contributed by atoms with Gasteiger partial charge in [0.25, 0.3) is 0 Å². The Morgan fingerprint density at radius 2 is 1.95 bits per heavy atom. The first-order valence-electron chi connectivity index (χ1n) is 7.36.